The first-order valence-electron chi connectivity index (χ1n) is 8.72. The Balaban J connectivity index is 1.48. The third-order valence-electron chi connectivity index (χ3n) is 4.54. The first-order chi connectivity index (χ1) is 13.2. The van der Waals surface area contributed by atoms with Gasteiger partial charge in [-0.2, -0.15) is 0 Å². The summed E-state index contributed by atoms with van der Waals surface area (Å²) in [5.74, 6) is -0.0960. The van der Waals surface area contributed by atoms with Gasteiger partial charge in [-0.15, -0.1) is 21.5 Å². The minimum Gasteiger partial charge on any atom is -0.311 e. The van der Waals surface area contributed by atoms with Gasteiger partial charge in [-0.1, -0.05) is 42.5 Å². The molecule has 3 aromatic rings. The number of nitrogens with zero attached hydrogens (tertiary/aromatic N) is 3. The van der Waals surface area contributed by atoms with Gasteiger partial charge in [0.05, 0.1) is 4.88 Å². The first kappa shape index (κ1) is 17.8. The standard InChI is InChI=1S/C19H18N4O2S2/c1-2-12-6-3-4-7-14(12)23-11-13(10-16(23)24)18-21-22-19(27-18)20-17(25)15-8-5-9-26-15/h3-9,13H,2,10-11H2,1H3,(H,20,22,25). The van der Waals surface area contributed by atoms with Crippen LogP contribution in [0.1, 0.15) is 39.5 Å². The van der Waals surface area contributed by atoms with Gasteiger partial charge in [0.15, 0.2) is 0 Å². The van der Waals surface area contributed by atoms with Crippen molar-refractivity contribution in [1.82, 2.24) is 10.2 Å². The Morgan fingerprint density at radius 3 is 2.89 bits per heavy atom. The van der Waals surface area contributed by atoms with Crippen molar-refractivity contribution in [3.63, 3.8) is 0 Å². The molecule has 1 unspecified atom stereocenters. The molecular formula is C19H18N4O2S2. The summed E-state index contributed by atoms with van der Waals surface area (Å²) in [6, 6.07) is 11.6. The van der Waals surface area contributed by atoms with E-state index in [2.05, 4.69) is 28.5 Å². The zero-order valence-corrected chi connectivity index (χ0v) is 16.3. The van der Waals surface area contributed by atoms with Crippen molar-refractivity contribution < 1.29 is 9.59 Å². The van der Waals surface area contributed by atoms with E-state index in [0.29, 0.717) is 23.0 Å². The maximum atomic E-state index is 12.6. The van der Waals surface area contributed by atoms with Gasteiger partial charge in [0.1, 0.15) is 5.01 Å². The molecule has 1 aliphatic rings. The van der Waals surface area contributed by atoms with Crippen LogP contribution < -0.4 is 10.2 Å². The normalized spacial score (nSPS) is 16.7. The van der Waals surface area contributed by atoms with Crippen molar-refractivity contribution in [3.8, 4) is 0 Å². The topological polar surface area (TPSA) is 75.2 Å². The van der Waals surface area contributed by atoms with Gasteiger partial charge in [-0.05, 0) is 29.5 Å². The van der Waals surface area contributed by atoms with Gasteiger partial charge in [-0.3, -0.25) is 14.9 Å². The molecule has 1 aromatic carbocycles. The van der Waals surface area contributed by atoms with E-state index in [1.165, 1.54) is 22.7 Å². The van der Waals surface area contributed by atoms with Crippen LogP contribution in [-0.2, 0) is 11.2 Å². The predicted octanol–water partition coefficient (Wildman–Crippen LogP) is 3.93. The molecule has 8 heteroatoms. The third kappa shape index (κ3) is 3.63. The van der Waals surface area contributed by atoms with Crippen LogP contribution in [0.2, 0.25) is 0 Å². The zero-order chi connectivity index (χ0) is 18.8. The molecule has 0 spiro atoms. The van der Waals surface area contributed by atoms with Crippen LogP contribution in [0.15, 0.2) is 41.8 Å². The molecule has 0 aliphatic carbocycles. The van der Waals surface area contributed by atoms with E-state index in [4.69, 9.17) is 0 Å². The van der Waals surface area contributed by atoms with Crippen LogP contribution in [0.3, 0.4) is 0 Å². The fraction of sp³-hybridized carbons (Fsp3) is 0.263. The summed E-state index contributed by atoms with van der Waals surface area (Å²) in [5.41, 5.74) is 2.14. The summed E-state index contributed by atoms with van der Waals surface area (Å²) >= 11 is 2.71. The number of para-hydroxylation sites is 1. The molecule has 138 valence electrons. The van der Waals surface area contributed by atoms with Gasteiger partial charge in [-0.25, -0.2) is 0 Å². The Labute approximate surface area is 164 Å². The molecule has 1 atom stereocenters. The second-order valence-corrected chi connectivity index (χ2v) is 8.22. The lowest BCUT2D eigenvalue weighted by Gasteiger charge is -2.19. The number of rotatable bonds is 5. The minimum absolute atomic E-state index is 0.00713. The van der Waals surface area contributed by atoms with Crippen molar-refractivity contribution in [1.29, 1.82) is 0 Å². The molecule has 1 aliphatic heterocycles. The molecular weight excluding hydrogens is 380 g/mol. The molecule has 1 saturated heterocycles. The fourth-order valence-electron chi connectivity index (χ4n) is 3.20. The number of thiophene rings is 1. The van der Waals surface area contributed by atoms with Crippen LogP contribution in [0.25, 0.3) is 0 Å². The zero-order valence-electron chi connectivity index (χ0n) is 14.7. The largest absolute Gasteiger partial charge is 0.311 e. The quantitative estimate of drug-likeness (QED) is 0.706. The van der Waals surface area contributed by atoms with Crippen molar-refractivity contribution in [2.75, 3.05) is 16.8 Å². The van der Waals surface area contributed by atoms with Crippen LogP contribution in [0, 0.1) is 0 Å². The van der Waals surface area contributed by atoms with Gasteiger partial charge >= 0.3 is 0 Å². The number of hydrogen-bond acceptors (Lipinski definition) is 6. The lowest BCUT2D eigenvalue weighted by molar-refractivity contribution is -0.117. The Hall–Kier alpha value is -2.58. The van der Waals surface area contributed by atoms with Gasteiger partial charge in [0, 0.05) is 24.6 Å². The summed E-state index contributed by atoms with van der Waals surface area (Å²) < 4.78 is 0. The van der Waals surface area contributed by atoms with Crippen molar-refractivity contribution >= 4 is 45.3 Å². The van der Waals surface area contributed by atoms with Crippen LogP contribution in [-0.4, -0.2) is 28.6 Å². The summed E-state index contributed by atoms with van der Waals surface area (Å²) in [7, 11) is 0. The first-order valence-corrected chi connectivity index (χ1v) is 10.4. The molecule has 4 rings (SSSR count). The number of carbonyl (C=O) groups excluding carboxylic acids is 2. The molecule has 1 N–H and O–H groups in total. The number of aryl methyl sites for hydroxylation is 1. The van der Waals surface area contributed by atoms with Gasteiger partial charge in [0.2, 0.25) is 11.0 Å². The lowest BCUT2D eigenvalue weighted by Crippen LogP contribution is -2.25. The minimum atomic E-state index is -0.186. The Morgan fingerprint density at radius 2 is 2.11 bits per heavy atom. The number of hydrogen-bond donors (Lipinski definition) is 1. The van der Waals surface area contributed by atoms with Crippen LogP contribution >= 0.6 is 22.7 Å². The van der Waals surface area contributed by atoms with E-state index < -0.39 is 0 Å². The molecule has 0 bridgehead atoms. The number of aromatic nitrogens is 2. The highest BCUT2D eigenvalue weighted by molar-refractivity contribution is 7.15. The number of amides is 2. The molecule has 0 radical (unpaired) electrons. The van der Waals surface area contributed by atoms with Crippen molar-refractivity contribution in [2.45, 2.75) is 25.7 Å². The monoisotopic (exact) mass is 398 g/mol. The Bertz CT molecular complexity index is 968. The Kier molecular flexibility index (Phi) is 5.00. The SMILES string of the molecule is CCc1ccccc1N1CC(c2nnc(NC(=O)c3cccs3)s2)CC1=O. The highest BCUT2D eigenvalue weighted by Crippen LogP contribution is 2.35. The van der Waals surface area contributed by atoms with E-state index in [1.807, 2.05) is 34.5 Å². The van der Waals surface area contributed by atoms with E-state index in [-0.39, 0.29) is 17.7 Å². The highest BCUT2D eigenvalue weighted by Gasteiger charge is 2.34. The van der Waals surface area contributed by atoms with Crippen LogP contribution in [0.4, 0.5) is 10.8 Å². The van der Waals surface area contributed by atoms with Gasteiger partial charge in [0.25, 0.3) is 5.91 Å². The summed E-state index contributed by atoms with van der Waals surface area (Å²) in [4.78, 5) is 27.2. The van der Waals surface area contributed by atoms with Gasteiger partial charge < -0.3 is 4.90 Å². The van der Waals surface area contributed by atoms with E-state index in [1.54, 1.807) is 6.07 Å². The molecule has 1 fully saturated rings. The molecule has 0 saturated carbocycles. The molecule has 6 nitrogen and oxygen atoms in total. The third-order valence-corrected chi connectivity index (χ3v) is 6.41. The average molecular weight is 399 g/mol. The summed E-state index contributed by atoms with van der Waals surface area (Å²) in [6.07, 6.45) is 1.29. The second-order valence-electron chi connectivity index (χ2n) is 6.26. The number of benzene rings is 1. The predicted molar refractivity (Wildman–Crippen MR) is 108 cm³/mol. The van der Waals surface area contributed by atoms with E-state index in [9.17, 15) is 9.59 Å². The molecule has 3 heterocycles. The summed E-state index contributed by atoms with van der Waals surface area (Å²) in [5, 5.41) is 14.2. The van der Waals surface area contributed by atoms with Crippen LogP contribution in [0.5, 0.6) is 0 Å². The van der Waals surface area contributed by atoms with Crippen molar-refractivity contribution in [2.24, 2.45) is 0 Å². The number of anilines is 2. The lowest BCUT2D eigenvalue weighted by atomic mass is 10.1. The van der Waals surface area contributed by atoms with Crippen molar-refractivity contribution in [3.05, 3.63) is 57.2 Å². The Morgan fingerprint density at radius 1 is 1.26 bits per heavy atom. The molecule has 2 aromatic heterocycles. The molecule has 2 amide bonds. The summed E-state index contributed by atoms with van der Waals surface area (Å²) in [6.45, 7) is 2.67. The maximum absolute atomic E-state index is 12.6. The number of nitrogens with one attached hydrogen (secondary N) is 1. The molecule has 27 heavy (non-hydrogen) atoms. The smallest absolute Gasteiger partial charge is 0.267 e. The second kappa shape index (κ2) is 7.58. The van der Waals surface area contributed by atoms with E-state index in [0.717, 1.165) is 22.7 Å². The maximum Gasteiger partial charge on any atom is 0.267 e. The fourth-order valence-corrected chi connectivity index (χ4v) is 4.64. The average Bonchev–Trinajstić information content (AvgIpc) is 3.42. The number of carbonyl (C=O) groups is 2. The van der Waals surface area contributed by atoms with E-state index >= 15 is 0 Å². The highest BCUT2D eigenvalue weighted by atomic mass is 32.1.